The fourth-order valence-electron chi connectivity index (χ4n) is 4.48. The fraction of sp³-hybridized carbons (Fsp3) is 0.765. The van der Waals surface area contributed by atoms with Gasteiger partial charge in [0.25, 0.3) is 0 Å². The highest BCUT2D eigenvalue weighted by atomic mass is 16.5. The van der Waals surface area contributed by atoms with Gasteiger partial charge in [-0.2, -0.15) is 0 Å². The van der Waals surface area contributed by atoms with Crippen LogP contribution in [0.1, 0.15) is 34.1 Å². The van der Waals surface area contributed by atoms with E-state index in [9.17, 15) is 9.59 Å². The third-order valence-electron chi connectivity index (χ3n) is 5.87. The third kappa shape index (κ3) is 1.95. The van der Waals surface area contributed by atoms with Gasteiger partial charge in [0, 0.05) is 10.8 Å². The van der Waals surface area contributed by atoms with Crippen LogP contribution < -0.4 is 0 Å². The summed E-state index contributed by atoms with van der Waals surface area (Å²) in [5.74, 6) is -0.997. The highest BCUT2D eigenvalue weighted by Gasteiger charge is 2.69. The SMILES string of the molecule is COC(=O)C1C(C(=O)OC)C2(C(C)C)C=CC1(C(C)C)C2. The minimum Gasteiger partial charge on any atom is -0.469 e. The lowest BCUT2D eigenvalue weighted by molar-refractivity contribution is -0.163. The Kier molecular flexibility index (Phi) is 3.94. The number of allylic oxidation sites excluding steroid dienone is 2. The van der Waals surface area contributed by atoms with Crippen molar-refractivity contribution in [3.63, 3.8) is 0 Å². The van der Waals surface area contributed by atoms with E-state index in [-0.39, 0.29) is 34.6 Å². The van der Waals surface area contributed by atoms with Crippen molar-refractivity contribution in [2.24, 2.45) is 34.5 Å². The molecule has 4 heteroatoms. The van der Waals surface area contributed by atoms with E-state index in [2.05, 4.69) is 39.8 Å². The molecule has 2 aliphatic rings. The van der Waals surface area contributed by atoms with Gasteiger partial charge in [-0.25, -0.2) is 0 Å². The Hall–Kier alpha value is -1.32. The first-order valence-corrected chi connectivity index (χ1v) is 7.63. The third-order valence-corrected chi connectivity index (χ3v) is 5.87. The average molecular weight is 294 g/mol. The smallest absolute Gasteiger partial charge is 0.310 e. The summed E-state index contributed by atoms with van der Waals surface area (Å²) in [6.07, 6.45) is 5.12. The highest BCUT2D eigenvalue weighted by Crippen LogP contribution is 2.68. The van der Waals surface area contributed by atoms with Crippen LogP contribution in [-0.4, -0.2) is 26.2 Å². The largest absolute Gasteiger partial charge is 0.469 e. The van der Waals surface area contributed by atoms with E-state index < -0.39 is 11.8 Å². The molecule has 0 spiro atoms. The molecular formula is C17H26O4. The number of esters is 2. The maximum atomic E-state index is 12.4. The normalized spacial score (nSPS) is 37.3. The average Bonchev–Trinajstić information content (AvgIpc) is 2.99. The van der Waals surface area contributed by atoms with Crippen LogP contribution in [-0.2, 0) is 19.1 Å². The van der Waals surface area contributed by atoms with Crippen molar-refractivity contribution >= 4 is 11.9 Å². The monoisotopic (exact) mass is 294 g/mol. The summed E-state index contributed by atoms with van der Waals surface area (Å²) in [5, 5.41) is 0. The van der Waals surface area contributed by atoms with Crippen molar-refractivity contribution in [2.75, 3.05) is 14.2 Å². The number of methoxy groups -OCH3 is 2. The zero-order chi connectivity index (χ0) is 16.0. The summed E-state index contributed by atoms with van der Waals surface area (Å²) in [7, 11) is 2.78. The topological polar surface area (TPSA) is 52.6 Å². The Bertz CT molecular complexity index is 437. The summed E-state index contributed by atoms with van der Waals surface area (Å²) in [4.78, 5) is 24.9. The van der Waals surface area contributed by atoms with Crippen molar-refractivity contribution < 1.29 is 19.1 Å². The molecule has 0 aromatic rings. The van der Waals surface area contributed by atoms with E-state index >= 15 is 0 Å². The predicted molar refractivity (Wildman–Crippen MR) is 79.3 cm³/mol. The maximum absolute atomic E-state index is 12.4. The summed E-state index contributed by atoms with van der Waals surface area (Å²) in [5.41, 5.74) is -0.619. The van der Waals surface area contributed by atoms with Crippen molar-refractivity contribution in [2.45, 2.75) is 34.1 Å². The first-order valence-electron chi connectivity index (χ1n) is 7.63. The summed E-state index contributed by atoms with van der Waals surface area (Å²) >= 11 is 0. The van der Waals surface area contributed by atoms with Gasteiger partial charge in [0.05, 0.1) is 26.1 Å². The highest BCUT2D eigenvalue weighted by molar-refractivity contribution is 5.86. The molecule has 0 radical (unpaired) electrons. The number of hydrogen-bond donors (Lipinski definition) is 0. The molecule has 21 heavy (non-hydrogen) atoms. The Morgan fingerprint density at radius 1 is 0.905 bits per heavy atom. The van der Waals surface area contributed by atoms with Gasteiger partial charge in [-0.15, -0.1) is 0 Å². The van der Waals surface area contributed by atoms with Crippen LogP contribution in [0.15, 0.2) is 12.2 Å². The maximum Gasteiger partial charge on any atom is 0.310 e. The molecule has 0 aromatic heterocycles. The summed E-state index contributed by atoms with van der Waals surface area (Å²) in [6.45, 7) is 8.43. The molecule has 0 saturated heterocycles. The Morgan fingerprint density at radius 2 is 1.24 bits per heavy atom. The van der Waals surface area contributed by atoms with Gasteiger partial charge in [-0.05, 0) is 18.3 Å². The van der Waals surface area contributed by atoms with Gasteiger partial charge >= 0.3 is 11.9 Å². The van der Waals surface area contributed by atoms with Crippen LogP contribution >= 0.6 is 0 Å². The van der Waals surface area contributed by atoms with Gasteiger partial charge in [0.15, 0.2) is 0 Å². The molecule has 0 amide bonds. The number of ether oxygens (including phenoxy) is 2. The van der Waals surface area contributed by atoms with Gasteiger partial charge in [-0.3, -0.25) is 9.59 Å². The summed E-state index contributed by atoms with van der Waals surface area (Å²) in [6, 6.07) is 0. The molecule has 4 atom stereocenters. The molecule has 2 bridgehead atoms. The molecule has 2 rings (SSSR count). The molecule has 118 valence electrons. The van der Waals surface area contributed by atoms with E-state index in [1.807, 2.05) is 0 Å². The molecule has 4 unspecified atom stereocenters. The minimum absolute atomic E-state index is 0.258. The molecular weight excluding hydrogens is 268 g/mol. The lowest BCUT2D eigenvalue weighted by atomic mass is 9.64. The Balaban J connectivity index is 2.61. The van der Waals surface area contributed by atoms with Crippen molar-refractivity contribution in [1.82, 2.24) is 0 Å². The number of carbonyl (C=O) groups is 2. The zero-order valence-corrected chi connectivity index (χ0v) is 13.8. The van der Waals surface area contributed by atoms with Crippen LogP contribution in [0.25, 0.3) is 0 Å². The number of rotatable bonds is 4. The van der Waals surface area contributed by atoms with E-state index in [1.54, 1.807) is 0 Å². The van der Waals surface area contributed by atoms with Crippen LogP contribution in [0.5, 0.6) is 0 Å². The molecule has 1 saturated carbocycles. The Labute approximate surface area is 126 Å². The van der Waals surface area contributed by atoms with Crippen LogP contribution in [0.2, 0.25) is 0 Å². The van der Waals surface area contributed by atoms with E-state index in [0.717, 1.165) is 6.42 Å². The number of fused-ring (bicyclic) bond motifs is 2. The standard InChI is InChI=1S/C17H26O4/c1-10(2)16-7-8-17(9-16,11(3)4)13(15(19)21-6)12(16)14(18)20-5/h7-8,10-13H,9H2,1-6H3. The zero-order valence-electron chi connectivity index (χ0n) is 13.8. The van der Waals surface area contributed by atoms with Crippen LogP contribution in [0.3, 0.4) is 0 Å². The number of hydrogen-bond acceptors (Lipinski definition) is 4. The lowest BCUT2D eigenvalue weighted by Crippen LogP contribution is -2.45. The first-order chi connectivity index (χ1) is 9.76. The fourth-order valence-corrected chi connectivity index (χ4v) is 4.48. The van der Waals surface area contributed by atoms with Crippen LogP contribution in [0.4, 0.5) is 0 Å². The molecule has 4 nitrogen and oxygen atoms in total. The first kappa shape index (κ1) is 16.1. The van der Waals surface area contributed by atoms with E-state index in [4.69, 9.17) is 9.47 Å². The predicted octanol–water partition coefficient (Wildman–Crippen LogP) is 2.82. The quantitative estimate of drug-likeness (QED) is 0.591. The van der Waals surface area contributed by atoms with E-state index in [0.29, 0.717) is 0 Å². The molecule has 0 aliphatic heterocycles. The second-order valence-electron chi connectivity index (χ2n) is 7.05. The van der Waals surface area contributed by atoms with Crippen molar-refractivity contribution in [1.29, 1.82) is 0 Å². The van der Waals surface area contributed by atoms with Crippen molar-refractivity contribution in [3.05, 3.63) is 12.2 Å². The van der Waals surface area contributed by atoms with E-state index in [1.165, 1.54) is 14.2 Å². The Morgan fingerprint density at radius 3 is 1.48 bits per heavy atom. The summed E-state index contributed by atoms with van der Waals surface area (Å²) < 4.78 is 10.1. The molecule has 2 aliphatic carbocycles. The van der Waals surface area contributed by atoms with Gasteiger partial charge in [0.2, 0.25) is 0 Å². The number of carbonyl (C=O) groups excluding carboxylic acids is 2. The van der Waals surface area contributed by atoms with Crippen LogP contribution in [0, 0.1) is 34.5 Å². The molecule has 0 aromatic carbocycles. The second kappa shape index (κ2) is 5.15. The van der Waals surface area contributed by atoms with Crippen molar-refractivity contribution in [3.8, 4) is 0 Å². The minimum atomic E-state index is -0.456. The second-order valence-corrected chi connectivity index (χ2v) is 7.05. The lowest BCUT2D eigenvalue weighted by Gasteiger charge is -2.39. The molecule has 0 heterocycles. The molecule has 1 fully saturated rings. The van der Waals surface area contributed by atoms with Gasteiger partial charge in [0.1, 0.15) is 0 Å². The van der Waals surface area contributed by atoms with Gasteiger partial charge in [-0.1, -0.05) is 39.8 Å². The van der Waals surface area contributed by atoms with Gasteiger partial charge < -0.3 is 9.47 Å². The molecule has 0 N–H and O–H groups in total.